The fourth-order valence-electron chi connectivity index (χ4n) is 1.83. The van der Waals surface area contributed by atoms with Gasteiger partial charge in [0.05, 0.1) is 12.1 Å². The minimum absolute atomic E-state index is 0.0301. The molecule has 0 unspecified atom stereocenters. The Morgan fingerprint density at radius 2 is 2.14 bits per heavy atom. The van der Waals surface area contributed by atoms with E-state index >= 15 is 0 Å². The van der Waals surface area contributed by atoms with Crippen LogP contribution < -0.4 is 5.32 Å². The van der Waals surface area contributed by atoms with Crippen LogP contribution in [-0.2, 0) is 4.74 Å². The molecule has 0 saturated carbocycles. The van der Waals surface area contributed by atoms with Crippen molar-refractivity contribution >= 4 is 22.7 Å². The number of aromatic nitrogens is 1. The summed E-state index contributed by atoms with van der Waals surface area (Å²) < 4.78 is 28.5. The van der Waals surface area contributed by atoms with Gasteiger partial charge < -0.3 is 15.2 Å². The zero-order valence-corrected chi connectivity index (χ0v) is 11.1. The Morgan fingerprint density at radius 1 is 1.38 bits per heavy atom. The molecule has 2 aromatic rings. The molecule has 1 aromatic carbocycles. The molecule has 1 heterocycles. The highest BCUT2D eigenvalue weighted by atomic mass is 19.3. The topological polar surface area (TPSA) is 71.5 Å². The summed E-state index contributed by atoms with van der Waals surface area (Å²) in [5.41, 5.74) is 0.682. The number of hydrogen-bond acceptors (Lipinski definition) is 4. The number of para-hydroxylation sites is 1. The molecule has 0 spiro atoms. The highest BCUT2D eigenvalue weighted by molar-refractivity contribution is 5.98. The summed E-state index contributed by atoms with van der Waals surface area (Å²) in [6.07, 6.45) is -2.52. The van der Waals surface area contributed by atoms with E-state index in [2.05, 4.69) is 10.3 Å². The molecule has 112 valence electrons. The predicted molar refractivity (Wildman–Crippen MR) is 74.0 cm³/mol. The number of anilines is 1. The maximum absolute atomic E-state index is 11.9. The van der Waals surface area contributed by atoms with Crippen LogP contribution in [0.2, 0.25) is 0 Å². The highest BCUT2D eigenvalue weighted by Crippen LogP contribution is 2.20. The van der Waals surface area contributed by atoms with Gasteiger partial charge in [-0.05, 0) is 12.1 Å². The van der Waals surface area contributed by atoms with Crippen LogP contribution in [0.3, 0.4) is 0 Å². The summed E-state index contributed by atoms with van der Waals surface area (Å²) in [6, 6.07) is 8.64. The van der Waals surface area contributed by atoms with Crippen LogP contribution in [0.4, 0.5) is 14.6 Å². The first-order valence-corrected chi connectivity index (χ1v) is 6.31. The molecule has 0 aliphatic carbocycles. The van der Waals surface area contributed by atoms with Crippen molar-refractivity contribution in [3.8, 4) is 0 Å². The van der Waals surface area contributed by atoms with E-state index in [-0.39, 0.29) is 24.5 Å². The van der Waals surface area contributed by atoms with Gasteiger partial charge in [0.1, 0.15) is 18.0 Å². The van der Waals surface area contributed by atoms with E-state index in [1.165, 1.54) is 6.07 Å². The average molecular weight is 296 g/mol. The van der Waals surface area contributed by atoms with E-state index in [9.17, 15) is 18.7 Å². The number of hydrogen-bond donors (Lipinski definition) is 2. The molecular weight excluding hydrogens is 282 g/mol. The molecule has 0 saturated heterocycles. The summed E-state index contributed by atoms with van der Waals surface area (Å²) >= 11 is 0. The Balaban J connectivity index is 2.10. The second kappa shape index (κ2) is 6.94. The van der Waals surface area contributed by atoms with E-state index in [0.717, 1.165) is 5.39 Å². The van der Waals surface area contributed by atoms with Gasteiger partial charge in [-0.3, -0.25) is 0 Å². The maximum atomic E-state index is 11.9. The van der Waals surface area contributed by atoms with E-state index < -0.39 is 19.0 Å². The number of ether oxygens (including phenoxy) is 1. The molecule has 0 fully saturated rings. The van der Waals surface area contributed by atoms with Crippen LogP contribution in [0.1, 0.15) is 10.4 Å². The number of halogens is 2. The minimum Gasteiger partial charge on any atom is -0.478 e. The lowest BCUT2D eigenvalue weighted by Gasteiger charge is -2.10. The number of rotatable bonds is 7. The number of aromatic carboxylic acids is 1. The quantitative estimate of drug-likeness (QED) is 0.769. The van der Waals surface area contributed by atoms with Crippen molar-refractivity contribution in [3.63, 3.8) is 0 Å². The van der Waals surface area contributed by atoms with Crippen LogP contribution in [0, 0.1) is 0 Å². The molecule has 1 aromatic heterocycles. The average Bonchev–Trinajstić information content (AvgIpc) is 2.45. The molecule has 2 N–H and O–H groups in total. The number of fused-ring (bicyclic) bond motifs is 1. The Bertz CT molecular complexity index is 635. The summed E-state index contributed by atoms with van der Waals surface area (Å²) in [5.74, 6) is -0.911. The van der Waals surface area contributed by atoms with Gasteiger partial charge in [-0.2, -0.15) is 0 Å². The van der Waals surface area contributed by atoms with Crippen molar-refractivity contribution in [1.82, 2.24) is 4.98 Å². The Kier molecular flexibility index (Phi) is 4.99. The lowest BCUT2D eigenvalue weighted by atomic mass is 10.1. The predicted octanol–water partition coefficient (Wildman–Crippen LogP) is 2.63. The van der Waals surface area contributed by atoms with Gasteiger partial charge in [0.25, 0.3) is 6.43 Å². The summed E-state index contributed by atoms with van der Waals surface area (Å²) in [4.78, 5) is 15.5. The monoisotopic (exact) mass is 296 g/mol. The van der Waals surface area contributed by atoms with Gasteiger partial charge in [-0.1, -0.05) is 18.2 Å². The summed E-state index contributed by atoms with van der Waals surface area (Å²) in [5, 5.41) is 12.7. The third-order valence-electron chi connectivity index (χ3n) is 2.74. The summed E-state index contributed by atoms with van der Waals surface area (Å²) in [6.45, 7) is -0.408. The first-order valence-electron chi connectivity index (χ1n) is 6.31. The smallest absolute Gasteiger partial charge is 0.339 e. The molecule has 0 radical (unpaired) electrons. The van der Waals surface area contributed by atoms with Crippen molar-refractivity contribution in [2.24, 2.45) is 0 Å². The van der Waals surface area contributed by atoms with Crippen LogP contribution in [0.25, 0.3) is 10.9 Å². The largest absolute Gasteiger partial charge is 0.478 e. The Labute approximate surface area is 119 Å². The van der Waals surface area contributed by atoms with E-state index in [0.29, 0.717) is 5.52 Å². The fourth-order valence-corrected chi connectivity index (χ4v) is 1.83. The molecule has 0 aliphatic heterocycles. The standard InChI is InChI=1S/C14H14F2N2O3/c15-12(16)8-21-6-5-17-13-10(14(19)20)7-9-3-1-2-4-11(9)18-13/h1-4,7,12H,5-6,8H2,(H,17,18)(H,19,20). The molecule has 0 bridgehead atoms. The molecule has 0 atom stereocenters. The lowest BCUT2D eigenvalue weighted by molar-refractivity contribution is 0.0215. The molecule has 0 aliphatic rings. The van der Waals surface area contributed by atoms with Crippen LogP contribution in [0.5, 0.6) is 0 Å². The SMILES string of the molecule is O=C(O)c1cc2ccccc2nc1NCCOCC(F)F. The fraction of sp³-hybridized carbons (Fsp3) is 0.286. The van der Waals surface area contributed by atoms with E-state index in [4.69, 9.17) is 4.74 Å². The number of pyridine rings is 1. The van der Waals surface area contributed by atoms with Gasteiger partial charge in [-0.15, -0.1) is 0 Å². The first-order chi connectivity index (χ1) is 10.1. The minimum atomic E-state index is -2.52. The zero-order valence-electron chi connectivity index (χ0n) is 11.1. The van der Waals surface area contributed by atoms with Gasteiger partial charge in [-0.25, -0.2) is 18.6 Å². The molecule has 7 heteroatoms. The third-order valence-corrected chi connectivity index (χ3v) is 2.74. The van der Waals surface area contributed by atoms with E-state index in [1.807, 2.05) is 0 Å². The molecule has 21 heavy (non-hydrogen) atoms. The van der Waals surface area contributed by atoms with Crippen molar-refractivity contribution in [3.05, 3.63) is 35.9 Å². The Morgan fingerprint density at radius 3 is 2.86 bits per heavy atom. The molecule has 0 amide bonds. The molecule has 5 nitrogen and oxygen atoms in total. The molecule has 2 rings (SSSR count). The lowest BCUT2D eigenvalue weighted by Crippen LogP contribution is -2.15. The van der Waals surface area contributed by atoms with Crippen molar-refractivity contribution in [1.29, 1.82) is 0 Å². The molecular formula is C14H14F2N2O3. The van der Waals surface area contributed by atoms with Crippen molar-refractivity contribution < 1.29 is 23.4 Å². The number of nitrogens with one attached hydrogen (secondary N) is 1. The second-order valence-corrected chi connectivity index (χ2v) is 4.28. The van der Waals surface area contributed by atoms with E-state index in [1.54, 1.807) is 24.3 Å². The third kappa shape index (κ3) is 4.09. The number of alkyl halides is 2. The van der Waals surface area contributed by atoms with Crippen LogP contribution in [-0.4, -0.2) is 42.2 Å². The zero-order chi connectivity index (χ0) is 15.2. The highest BCUT2D eigenvalue weighted by Gasteiger charge is 2.13. The number of benzene rings is 1. The number of carboxylic acid groups (broad SMARTS) is 1. The number of carbonyl (C=O) groups is 1. The normalized spacial score (nSPS) is 11.0. The van der Waals surface area contributed by atoms with Crippen molar-refractivity contribution in [2.75, 3.05) is 25.1 Å². The maximum Gasteiger partial charge on any atom is 0.339 e. The number of nitrogens with zero attached hydrogens (tertiary/aromatic N) is 1. The van der Waals surface area contributed by atoms with Gasteiger partial charge in [0.2, 0.25) is 0 Å². The van der Waals surface area contributed by atoms with Gasteiger partial charge in [0, 0.05) is 11.9 Å². The van der Waals surface area contributed by atoms with Gasteiger partial charge in [0.15, 0.2) is 0 Å². The van der Waals surface area contributed by atoms with Crippen molar-refractivity contribution in [2.45, 2.75) is 6.43 Å². The van der Waals surface area contributed by atoms with Crippen LogP contribution >= 0.6 is 0 Å². The van der Waals surface area contributed by atoms with Gasteiger partial charge >= 0.3 is 5.97 Å². The second-order valence-electron chi connectivity index (χ2n) is 4.28. The first kappa shape index (κ1) is 15.1. The van der Waals surface area contributed by atoms with Crippen LogP contribution in [0.15, 0.2) is 30.3 Å². The number of carboxylic acids is 1. The summed E-state index contributed by atoms with van der Waals surface area (Å²) in [7, 11) is 0. The Hall–Kier alpha value is -2.28.